The number of hydrogen-bond acceptors (Lipinski definition) is 6. The van der Waals surface area contributed by atoms with Crippen molar-refractivity contribution in [2.45, 2.75) is 31.8 Å². The topological polar surface area (TPSA) is 94.4 Å². The lowest BCUT2D eigenvalue weighted by molar-refractivity contribution is -0.123. The van der Waals surface area contributed by atoms with Gasteiger partial charge in [-0.3, -0.25) is 19.4 Å². The van der Waals surface area contributed by atoms with Crippen LogP contribution in [-0.2, 0) is 14.4 Å². The summed E-state index contributed by atoms with van der Waals surface area (Å²) in [6.07, 6.45) is 0. The Morgan fingerprint density at radius 2 is 1.73 bits per heavy atom. The second-order valence-electron chi connectivity index (χ2n) is 7.51. The van der Waals surface area contributed by atoms with Crippen molar-refractivity contribution in [3.63, 3.8) is 0 Å². The molecular weight excluding hydrogens is 406 g/mol. The number of imide groups is 1. The van der Waals surface area contributed by atoms with E-state index in [4.69, 9.17) is 11.6 Å². The number of anilines is 2. The fourth-order valence-electron chi connectivity index (χ4n) is 3.50. The lowest BCUT2D eigenvalue weighted by Crippen LogP contribution is -2.43. The molecule has 2 atom stereocenters. The van der Waals surface area contributed by atoms with Crippen molar-refractivity contribution in [1.29, 1.82) is 0 Å². The van der Waals surface area contributed by atoms with Crippen LogP contribution >= 0.6 is 11.6 Å². The monoisotopic (exact) mass is 425 g/mol. The van der Waals surface area contributed by atoms with E-state index in [-0.39, 0.29) is 12.5 Å². The molecule has 0 aromatic heterocycles. The minimum absolute atomic E-state index is 0.202. The van der Waals surface area contributed by atoms with Gasteiger partial charge in [0.25, 0.3) is 11.8 Å². The third kappa shape index (κ3) is 3.66. The average Bonchev–Trinajstić information content (AvgIpc) is 3.23. The van der Waals surface area contributed by atoms with Crippen LogP contribution in [0.2, 0.25) is 5.02 Å². The first-order chi connectivity index (χ1) is 14.3. The van der Waals surface area contributed by atoms with Gasteiger partial charge < -0.3 is 5.32 Å². The number of rotatable bonds is 5. The highest BCUT2D eigenvalue weighted by atomic mass is 35.5. The smallest absolute Gasteiger partial charge is 0.263 e. The standard InChI is InChI=1S/C21H20ClN5O3/c1-12(2)13-3-9-16(10-4-13)27-20(29)18-19(21(27)30)26(25-24-18)11-17(28)23-15-7-5-14(22)6-8-15/h3-10,12,18-19H,11H2,1-2H3,(H,23,28)/t18-,19+/m0/s1. The van der Waals surface area contributed by atoms with Crippen LogP contribution in [0.1, 0.15) is 25.3 Å². The Labute approximate surface area is 178 Å². The quantitative estimate of drug-likeness (QED) is 0.743. The molecule has 3 amide bonds. The van der Waals surface area contributed by atoms with E-state index in [0.29, 0.717) is 22.3 Å². The van der Waals surface area contributed by atoms with Crippen LogP contribution in [0.25, 0.3) is 0 Å². The SMILES string of the molecule is CC(C)c1ccc(N2C(=O)[C@H]3N=NN(CC(=O)Nc4ccc(Cl)cc4)[C@H]3C2=O)cc1. The van der Waals surface area contributed by atoms with Crippen LogP contribution in [0.3, 0.4) is 0 Å². The molecule has 2 aromatic carbocycles. The minimum Gasteiger partial charge on any atom is -0.324 e. The van der Waals surface area contributed by atoms with Crippen molar-refractivity contribution < 1.29 is 14.4 Å². The highest BCUT2D eigenvalue weighted by molar-refractivity contribution is 6.30. The summed E-state index contributed by atoms with van der Waals surface area (Å²) in [5.74, 6) is -0.915. The predicted molar refractivity (Wildman–Crippen MR) is 112 cm³/mol. The number of benzene rings is 2. The molecular formula is C21H20ClN5O3. The van der Waals surface area contributed by atoms with E-state index >= 15 is 0 Å². The Morgan fingerprint density at radius 3 is 2.37 bits per heavy atom. The number of hydrogen-bond donors (Lipinski definition) is 1. The number of nitrogens with one attached hydrogen (secondary N) is 1. The van der Waals surface area contributed by atoms with Crippen molar-refractivity contribution in [3.8, 4) is 0 Å². The molecule has 0 saturated carbocycles. The van der Waals surface area contributed by atoms with Gasteiger partial charge >= 0.3 is 0 Å². The average molecular weight is 426 g/mol. The molecule has 1 fully saturated rings. The lowest BCUT2D eigenvalue weighted by atomic mass is 10.0. The van der Waals surface area contributed by atoms with Crippen molar-refractivity contribution in [2.75, 3.05) is 16.8 Å². The first-order valence-electron chi connectivity index (χ1n) is 9.56. The van der Waals surface area contributed by atoms with Crippen molar-refractivity contribution in [1.82, 2.24) is 5.01 Å². The Hall–Kier alpha value is -3.26. The molecule has 30 heavy (non-hydrogen) atoms. The summed E-state index contributed by atoms with van der Waals surface area (Å²) in [4.78, 5) is 39.3. The maximum Gasteiger partial charge on any atom is 0.263 e. The van der Waals surface area contributed by atoms with Crippen LogP contribution in [0, 0.1) is 0 Å². The molecule has 154 valence electrons. The minimum atomic E-state index is -0.939. The molecule has 1 saturated heterocycles. The zero-order chi connectivity index (χ0) is 21.4. The van der Waals surface area contributed by atoms with Gasteiger partial charge in [-0.1, -0.05) is 42.8 Å². The first-order valence-corrected chi connectivity index (χ1v) is 9.93. The van der Waals surface area contributed by atoms with Crippen molar-refractivity contribution in [2.24, 2.45) is 10.3 Å². The van der Waals surface area contributed by atoms with Gasteiger partial charge in [0.05, 0.1) is 5.69 Å². The van der Waals surface area contributed by atoms with E-state index < -0.39 is 23.9 Å². The van der Waals surface area contributed by atoms with Crippen LogP contribution in [0.15, 0.2) is 58.9 Å². The third-order valence-corrected chi connectivity index (χ3v) is 5.36. The molecule has 2 heterocycles. The molecule has 9 heteroatoms. The maximum absolute atomic E-state index is 13.0. The van der Waals surface area contributed by atoms with E-state index in [1.54, 1.807) is 36.4 Å². The second kappa shape index (κ2) is 7.87. The molecule has 0 unspecified atom stereocenters. The van der Waals surface area contributed by atoms with Gasteiger partial charge in [0.2, 0.25) is 5.91 Å². The van der Waals surface area contributed by atoms with Gasteiger partial charge in [0, 0.05) is 10.7 Å². The fraction of sp³-hybridized carbons (Fsp3) is 0.286. The van der Waals surface area contributed by atoms with Crippen LogP contribution < -0.4 is 10.2 Å². The molecule has 0 spiro atoms. The first kappa shape index (κ1) is 20.0. The van der Waals surface area contributed by atoms with Crippen molar-refractivity contribution in [3.05, 3.63) is 59.1 Å². The lowest BCUT2D eigenvalue weighted by Gasteiger charge is -2.20. The molecule has 0 aliphatic carbocycles. The Balaban J connectivity index is 1.47. The molecule has 0 bridgehead atoms. The number of amides is 3. The van der Waals surface area contributed by atoms with Crippen molar-refractivity contribution >= 4 is 40.7 Å². The van der Waals surface area contributed by atoms with Gasteiger partial charge in [-0.05, 0) is 47.9 Å². The zero-order valence-electron chi connectivity index (χ0n) is 16.4. The van der Waals surface area contributed by atoms with Crippen LogP contribution in [0.5, 0.6) is 0 Å². The van der Waals surface area contributed by atoms with Crippen LogP contribution in [0.4, 0.5) is 11.4 Å². The summed E-state index contributed by atoms with van der Waals surface area (Å²) in [6, 6.07) is 12.1. The zero-order valence-corrected chi connectivity index (χ0v) is 17.2. The maximum atomic E-state index is 13.0. The number of carbonyl (C=O) groups is 3. The normalized spacial score (nSPS) is 20.3. The van der Waals surface area contributed by atoms with Gasteiger partial charge in [-0.2, -0.15) is 5.11 Å². The molecule has 2 aliphatic heterocycles. The summed E-state index contributed by atoms with van der Waals surface area (Å²) in [7, 11) is 0. The molecule has 8 nitrogen and oxygen atoms in total. The number of fused-ring (bicyclic) bond motifs is 1. The Kier molecular flexibility index (Phi) is 5.26. The summed E-state index contributed by atoms with van der Waals surface area (Å²) in [5, 5.41) is 12.4. The number of carbonyl (C=O) groups excluding carboxylic acids is 3. The number of nitrogens with zero attached hydrogens (tertiary/aromatic N) is 4. The molecule has 4 rings (SSSR count). The van der Waals surface area contributed by atoms with Gasteiger partial charge in [0.1, 0.15) is 6.54 Å². The Bertz CT molecular complexity index is 1020. The summed E-state index contributed by atoms with van der Waals surface area (Å²) >= 11 is 5.84. The summed E-state index contributed by atoms with van der Waals surface area (Å²) < 4.78 is 0. The predicted octanol–water partition coefficient (Wildman–Crippen LogP) is 3.40. The van der Waals surface area contributed by atoms with E-state index in [9.17, 15) is 14.4 Å². The van der Waals surface area contributed by atoms with Crippen LogP contribution in [-0.4, -0.2) is 41.4 Å². The highest BCUT2D eigenvalue weighted by Gasteiger charge is 2.55. The Morgan fingerprint density at radius 1 is 1.07 bits per heavy atom. The number of halogens is 1. The molecule has 1 N–H and O–H groups in total. The fourth-order valence-corrected chi connectivity index (χ4v) is 3.62. The summed E-state index contributed by atoms with van der Waals surface area (Å²) in [5.41, 5.74) is 2.17. The molecule has 0 radical (unpaired) electrons. The van der Waals surface area contributed by atoms with E-state index in [1.165, 1.54) is 5.01 Å². The van der Waals surface area contributed by atoms with E-state index in [0.717, 1.165) is 10.5 Å². The summed E-state index contributed by atoms with van der Waals surface area (Å²) in [6.45, 7) is 3.93. The van der Waals surface area contributed by atoms with Gasteiger partial charge in [0.15, 0.2) is 12.1 Å². The third-order valence-electron chi connectivity index (χ3n) is 5.11. The van der Waals surface area contributed by atoms with E-state index in [1.807, 2.05) is 12.1 Å². The van der Waals surface area contributed by atoms with E-state index in [2.05, 4.69) is 29.5 Å². The second-order valence-corrected chi connectivity index (χ2v) is 7.94. The highest BCUT2D eigenvalue weighted by Crippen LogP contribution is 2.32. The van der Waals surface area contributed by atoms with Gasteiger partial charge in [-0.25, -0.2) is 4.90 Å². The molecule has 2 aromatic rings. The van der Waals surface area contributed by atoms with Gasteiger partial charge in [-0.15, -0.1) is 0 Å². The molecule has 2 aliphatic rings. The largest absolute Gasteiger partial charge is 0.324 e.